The lowest BCUT2D eigenvalue weighted by molar-refractivity contribution is 0.591. The van der Waals surface area contributed by atoms with Crippen molar-refractivity contribution in [3.63, 3.8) is 0 Å². The van der Waals surface area contributed by atoms with Crippen LogP contribution >= 0.6 is 0 Å². The van der Waals surface area contributed by atoms with E-state index in [1.165, 1.54) is 16.7 Å². The minimum atomic E-state index is 0.0190. The molecule has 3 aromatic rings. The Morgan fingerprint density at radius 1 is 0.731 bits per heavy atom. The van der Waals surface area contributed by atoms with Crippen LogP contribution in [0.2, 0.25) is 0 Å². The molecule has 0 amide bonds. The van der Waals surface area contributed by atoms with E-state index in [9.17, 15) is 0 Å². The normalized spacial score (nSPS) is 11.6. The molecule has 132 valence electrons. The Morgan fingerprint density at radius 2 is 1.19 bits per heavy atom. The van der Waals surface area contributed by atoms with Crippen LogP contribution in [0.5, 0.6) is 0 Å². The molecule has 2 nitrogen and oxygen atoms in total. The van der Waals surface area contributed by atoms with Crippen molar-refractivity contribution in [3.05, 3.63) is 108 Å². The number of rotatable bonds is 6. The molecule has 3 aromatic carbocycles. The highest BCUT2D eigenvalue weighted by molar-refractivity contribution is 5.82. The van der Waals surface area contributed by atoms with E-state index in [1.807, 2.05) is 0 Å². The fourth-order valence-electron chi connectivity index (χ4n) is 3.07. The molecule has 0 aliphatic rings. The van der Waals surface area contributed by atoms with Crippen LogP contribution in [0.25, 0.3) is 0 Å². The second kappa shape index (κ2) is 9.00. The average molecular weight is 342 g/mol. The standard InChI is InChI=1S/C24H26N2/c1-26(2)23(19-18-20-12-6-3-7-13-20)25-24(21-14-8-4-9-15-21)22-16-10-5-11-17-22/h3-17,24H,18-19H2,1-2H3. The first-order chi connectivity index (χ1) is 12.7. The SMILES string of the molecule is CN(C)C(CCc1ccccc1)=NC(c1ccccc1)c1ccccc1. The van der Waals surface area contributed by atoms with Crippen LogP contribution in [-0.4, -0.2) is 24.8 Å². The molecule has 0 aliphatic carbocycles. The summed E-state index contributed by atoms with van der Waals surface area (Å²) in [6.07, 6.45) is 1.92. The number of nitrogens with zero attached hydrogens (tertiary/aromatic N) is 2. The summed E-state index contributed by atoms with van der Waals surface area (Å²) in [5.74, 6) is 1.12. The molecule has 0 N–H and O–H groups in total. The maximum Gasteiger partial charge on any atom is 0.102 e. The van der Waals surface area contributed by atoms with Gasteiger partial charge in [-0.3, -0.25) is 4.99 Å². The molecular formula is C24H26N2. The third-order valence-electron chi connectivity index (χ3n) is 4.51. The van der Waals surface area contributed by atoms with Crippen LogP contribution in [0.4, 0.5) is 0 Å². The summed E-state index contributed by atoms with van der Waals surface area (Å²) in [7, 11) is 4.16. The largest absolute Gasteiger partial charge is 0.366 e. The summed E-state index contributed by atoms with van der Waals surface area (Å²) >= 11 is 0. The summed E-state index contributed by atoms with van der Waals surface area (Å²) in [5.41, 5.74) is 3.79. The Morgan fingerprint density at radius 3 is 1.65 bits per heavy atom. The van der Waals surface area contributed by atoms with Crippen LogP contribution in [0.1, 0.15) is 29.2 Å². The van der Waals surface area contributed by atoms with E-state index >= 15 is 0 Å². The summed E-state index contributed by atoms with van der Waals surface area (Å²) in [6, 6.07) is 31.7. The average Bonchev–Trinajstić information content (AvgIpc) is 2.70. The van der Waals surface area contributed by atoms with E-state index < -0.39 is 0 Å². The van der Waals surface area contributed by atoms with E-state index in [1.54, 1.807) is 0 Å². The summed E-state index contributed by atoms with van der Waals surface area (Å²) in [5, 5.41) is 0. The van der Waals surface area contributed by atoms with E-state index in [2.05, 4.69) is 110 Å². The molecule has 0 bridgehead atoms. The summed E-state index contributed by atoms with van der Waals surface area (Å²) < 4.78 is 0. The molecule has 2 heteroatoms. The molecule has 0 aromatic heterocycles. The molecule has 0 heterocycles. The van der Waals surface area contributed by atoms with Crippen molar-refractivity contribution in [2.45, 2.75) is 18.9 Å². The van der Waals surface area contributed by atoms with Gasteiger partial charge in [-0.25, -0.2) is 0 Å². The van der Waals surface area contributed by atoms with Gasteiger partial charge in [-0.15, -0.1) is 0 Å². The number of amidine groups is 1. The third-order valence-corrected chi connectivity index (χ3v) is 4.51. The van der Waals surface area contributed by atoms with Crippen molar-refractivity contribution < 1.29 is 0 Å². The number of benzene rings is 3. The molecule has 3 rings (SSSR count). The van der Waals surface area contributed by atoms with Crippen LogP contribution in [0.3, 0.4) is 0 Å². The zero-order valence-electron chi connectivity index (χ0n) is 15.5. The van der Waals surface area contributed by atoms with Crippen molar-refractivity contribution in [3.8, 4) is 0 Å². The van der Waals surface area contributed by atoms with E-state index in [-0.39, 0.29) is 6.04 Å². The van der Waals surface area contributed by atoms with Crippen LogP contribution in [0.15, 0.2) is 96.0 Å². The Hall–Kier alpha value is -2.87. The van der Waals surface area contributed by atoms with Gasteiger partial charge in [0.1, 0.15) is 6.04 Å². The first-order valence-corrected chi connectivity index (χ1v) is 9.12. The molecular weight excluding hydrogens is 316 g/mol. The van der Waals surface area contributed by atoms with E-state index in [0.717, 1.165) is 18.7 Å². The predicted octanol–water partition coefficient (Wildman–Crippen LogP) is 5.37. The summed E-state index contributed by atoms with van der Waals surface area (Å²) in [4.78, 5) is 7.31. The van der Waals surface area contributed by atoms with Gasteiger partial charge in [-0.2, -0.15) is 0 Å². The number of aliphatic imine (C=N–C) groups is 1. The van der Waals surface area contributed by atoms with Crippen LogP contribution in [-0.2, 0) is 6.42 Å². The van der Waals surface area contributed by atoms with E-state index in [4.69, 9.17) is 4.99 Å². The Balaban J connectivity index is 1.90. The zero-order valence-corrected chi connectivity index (χ0v) is 15.5. The third kappa shape index (κ3) is 4.82. The minimum Gasteiger partial charge on any atom is -0.366 e. The molecule has 0 spiro atoms. The maximum absolute atomic E-state index is 5.17. The highest BCUT2D eigenvalue weighted by Gasteiger charge is 2.15. The quantitative estimate of drug-likeness (QED) is 0.434. The fourth-order valence-corrected chi connectivity index (χ4v) is 3.07. The van der Waals surface area contributed by atoms with Crippen molar-refractivity contribution in [2.75, 3.05) is 14.1 Å². The number of hydrogen-bond acceptors (Lipinski definition) is 1. The zero-order chi connectivity index (χ0) is 18.2. The molecule has 0 aliphatic heterocycles. The van der Waals surface area contributed by atoms with Crippen molar-refractivity contribution in [2.24, 2.45) is 4.99 Å². The second-order valence-corrected chi connectivity index (χ2v) is 6.65. The molecule has 0 saturated heterocycles. The van der Waals surface area contributed by atoms with Crippen LogP contribution in [0, 0.1) is 0 Å². The van der Waals surface area contributed by atoms with Crippen molar-refractivity contribution in [1.29, 1.82) is 0 Å². The lowest BCUT2D eigenvalue weighted by Gasteiger charge is -2.21. The van der Waals surface area contributed by atoms with Gasteiger partial charge in [0, 0.05) is 20.5 Å². The topological polar surface area (TPSA) is 15.6 Å². The smallest absolute Gasteiger partial charge is 0.102 e. The van der Waals surface area contributed by atoms with Gasteiger partial charge in [0.25, 0.3) is 0 Å². The van der Waals surface area contributed by atoms with Gasteiger partial charge in [0.05, 0.1) is 5.84 Å². The Bertz CT molecular complexity index is 769. The first-order valence-electron chi connectivity index (χ1n) is 9.12. The monoisotopic (exact) mass is 342 g/mol. The fraction of sp³-hybridized carbons (Fsp3) is 0.208. The van der Waals surface area contributed by atoms with Gasteiger partial charge < -0.3 is 4.90 Å². The molecule has 0 fully saturated rings. The molecule has 0 unspecified atom stereocenters. The predicted molar refractivity (Wildman–Crippen MR) is 111 cm³/mol. The Kier molecular flexibility index (Phi) is 6.21. The van der Waals surface area contributed by atoms with Crippen molar-refractivity contribution >= 4 is 5.84 Å². The van der Waals surface area contributed by atoms with Gasteiger partial charge >= 0.3 is 0 Å². The van der Waals surface area contributed by atoms with Gasteiger partial charge in [-0.1, -0.05) is 91.0 Å². The minimum absolute atomic E-state index is 0.0190. The van der Waals surface area contributed by atoms with Gasteiger partial charge in [0.15, 0.2) is 0 Å². The number of aryl methyl sites for hydroxylation is 1. The van der Waals surface area contributed by atoms with Gasteiger partial charge in [-0.05, 0) is 23.1 Å². The molecule has 0 radical (unpaired) electrons. The number of hydrogen-bond donors (Lipinski definition) is 0. The lowest BCUT2D eigenvalue weighted by atomic mass is 9.99. The van der Waals surface area contributed by atoms with Crippen molar-refractivity contribution in [1.82, 2.24) is 4.90 Å². The molecule has 26 heavy (non-hydrogen) atoms. The Labute approximate surface area is 156 Å². The van der Waals surface area contributed by atoms with Gasteiger partial charge in [0.2, 0.25) is 0 Å². The first kappa shape index (κ1) is 17.9. The lowest BCUT2D eigenvalue weighted by Crippen LogP contribution is -2.23. The van der Waals surface area contributed by atoms with E-state index in [0.29, 0.717) is 0 Å². The van der Waals surface area contributed by atoms with Crippen LogP contribution < -0.4 is 0 Å². The maximum atomic E-state index is 5.17. The molecule has 0 atom stereocenters. The highest BCUT2D eigenvalue weighted by atomic mass is 15.1. The summed E-state index contributed by atoms with van der Waals surface area (Å²) in [6.45, 7) is 0. The second-order valence-electron chi connectivity index (χ2n) is 6.65. The highest BCUT2D eigenvalue weighted by Crippen LogP contribution is 2.26. The molecule has 0 saturated carbocycles.